The molecule has 1 N–H and O–H groups in total. The highest BCUT2D eigenvalue weighted by Gasteiger charge is 2.20. The lowest BCUT2D eigenvalue weighted by molar-refractivity contribution is -0.149. The van der Waals surface area contributed by atoms with Gasteiger partial charge in [-0.1, -0.05) is 18.2 Å². The Labute approximate surface area is 89.4 Å². The zero-order valence-corrected chi connectivity index (χ0v) is 8.92. The van der Waals surface area contributed by atoms with E-state index in [0.29, 0.717) is 5.75 Å². The third kappa shape index (κ3) is 3.87. The molecule has 1 aromatic rings. The van der Waals surface area contributed by atoms with Crippen LogP contribution in [0.3, 0.4) is 0 Å². The van der Waals surface area contributed by atoms with Gasteiger partial charge in [-0.25, -0.2) is 0 Å². The van der Waals surface area contributed by atoms with Crippen LogP contribution in [-0.2, 0) is 9.47 Å². The van der Waals surface area contributed by atoms with Crippen LogP contribution in [0.5, 0.6) is 5.75 Å². The Balaban J connectivity index is 2.58. The van der Waals surface area contributed by atoms with Crippen molar-refractivity contribution in [3.05, 3.63) is 30.3 Å². The highest BCUT2D eigenvalue weighted by atomic mass is 16.6. The van der Waals surface area contributed by atoms with E-state index in [-0.39, 0.29) is 6.61 Å². The number of hydrogen-bond donors (Lipinski definition) is 1. The fourth-order valence-electron chi connectivity index (χ4n) is 1.16. The van der Waals surface area contributed by atoms with Gasteiger partial charge in [0.2, 0.25) is 0 Å². The lowest BCUT2D eigenvalue weighted by atomic mass is 10.3. The first kappa shape index (κ1) is 12.0. The second-order valence-electron chi connectivity index (χ2n) is 3.05. The summed E-state index contributed by atoms with van der Waals surface area (Å²) < 4.78 is 15.2. The number of aliphatic hydroxyl groups is 1. The summed E-state index contributed by atoms with van der Waals surface area (Å²) in [5.41, 5.74) is 0. The predicted molar refractivity (Wildman–Crippen MR) is 55.7 cm³/mol. The van der Waals surface area contributed by atoms with Crippen molar-refractivity contribution in [2.24, 2.45) is 0 Å². The Morgan fingerprint density at radius 1 is 1.20 bits per heavy atom. The quantitative estimate of drug-likeness (QED) is 0.716. The molecule has 2 unspecified atom stereocenters. The number of rotatable bonds is 6. The monoisotopic (exact) mass is 212 g/mol. The van der Waals surface area contributed by atoms with E-state index in [1.165, 1.54) is 7.11 Å². The van der Waals surface area contributed by atoms with Crippen LogP contribution < -0.4 is 4.74 Å². The zero-order chi connectivity index (χ0) is 11.1. The summed E-state index contributed by atoms with van der Waals surface area (Å²) in [6, 6.07) is 9.23. The van der Waals surface area contributed by atoms with Crippen molar-refractivity contribution >= 4 is 0 Å². The summed E-state index contributed by atoms with van der Waals surface area (Å²) >= 11 is 0. The van der Waals surface area contributed by atoms with Crippen LogP contribution in [0.1, 0.15) is 0 Å². The van der Waals surface area contributed by atoms with Crippen LogP contribution in [-0.4, -0.2) is 38.3 Å². The van der Waals surface area contributed by atoms with Gasteiger partial charge >= 0.3 is 0 Å². The third-order valence-electron chi connectivity index (χ3n) is 1.92. The standard InChI is InChI=1S/C11H16O4/c1-13-8-10(11(12)14-2)15-9-6-4-3-5-7-9/h3-7,10-12H,8H2,1-2H3. The summed E-state index contributed by atoms with van der Waals surface area (Å²) in [6.07, 6.45) is -1.52. The summed E-state index contributed by atoms with van der Waals surface area (Å²) in [4.78, 5) is 0. The van der Waals surface area contributed by atoms with Gasteiger partial charge in [-0.15, -0.1) is 0 Å². The molecule has 0 bridgehead atoms. The van der Waals surface area contributed by atoms with Gasteiger partial charge in [0.05, 0.1) is 6.61 Å². The minimum Gasteiger partial charge on any atom is -0.483 e. The molecule has 84 valence electrons. The Kier molecular flexibility index (Phi) is 5.10. The molecular formula is C11H16O4. The Morgan fingerprint density at radius 2 is 1.87 bits per heavy atom. The molecule has 0 aliphatic heterocycles. The topological polar surface area (TPSA) is 47.9 Å². The van der Waals surface area contributed by atoms with Gasteiger partial charge in [-0.3, -0.25) is 0 Å². The van der Waals surface area contributed by atoms with Crippen LogP contribution in [0.4, 0.5) is 0 Å². The van der Waals surface area contributed by atoms with Crippen LogP contribution in [0.15, 0.2) is 30.3 Å². The number of hydrogen-bond acceptors (Lipinski definition) is 4. The van der Waals surface area contributed by atoms with Crippen LogP contribution in [0.25, 0.3) is 0 Å². The number of ether oxygens (including phenoxy) is 3. The summed E-state index contributed by atoms with van der Waals surface area (Å²) in [7, 11) is 2.96. The first-order valence-corrected chi connectivity index (χ1v) is 4.69. The van der Waals surface area contributed by atoms with Crippen molar-refractivity contribution in [3.8, 4) is 5.75 Å². The predicted octanol–water partition coefficient (Wildman–Crippen LogP) is 1.05. The number of para-hydroxylation sites is 1. The normalized spacial score (nSPS) is 14.6. The van der Waals surface area contributed by atoms with Crippen molar-refractivity contribution < 1.29 is 19.3 Å². The van der Waals surface area contributed by atoms with Crippen molar-refractivity contribution in [3.63, 3.8) is 0 Å². The van der Waals surface area contributed by atoms with Crippen LogP contribution in [0, 0.1) is 0 Å². The van der Waals surface area contributed by atoms with Crippen molar-refractivity contribution in [2.45, 2.75) is 12.4 Å². The molecule has 0 spiro atoms. The highest BCUT2D eigenvalue weighted by Crippen LogP contribution is 2.13. The molecule has 0 aromatic heterocycles. The molecule has 4 heteroatoms. The van der Waals surface area contributed by atoms with E-state index >= 15 is 0 Å². The molecule has 4 nitrogen and oxygen atoms in total. The molecule has 1 rings (SSSR count). The molecule has 2 atom stereocenters. The van der Waals surface area contributed by atoms with Gasteiger partial charge in [0.15, 0.2) is 12.4 Å². The minimum atomic E-state index is -0.995. The fourth-order valence-corrected chi connectivity index (χ4v) is 1.16. The molecule has 0 amide bonds. The van der Waals surface area contributed by atoms with E-state index in [2.05, 4.69) is 0 Å². The maximum Gasteiger partial charge on any atom is 0.194 e. The molecule has 0 heterocycles. The van der Waals surface area contributed by atoms with Gasteiger partial charge in [0, 0.05) is 14.2 Å². The smallest absolute Gasteiger partial charge is 0.194 e. The van der Waals surface area contributed by atoms with Gasteiger partial charge in [0.1, 0.15) is 5.75 Å². The Bertz CT molecular complexity index is 263. The minimum absolute atomic E-state index is 0.268. The second kappa shape index (κ2) is 6.40. The molecule has 0 aliphatic rings. The second-order valence-corrected chi connectivity index (χ2v) is 3.05. The van der Waals surface area contributed by atoms with E-state index in [4.69, 9.17) is 14.2 Å². The molecule has 15 heavy (non-hydrogen) atoms. The Hall–Kier alpha value is -1.10. The SMILES string of the molecule is COCC(Oc1ccccc1)C(O)OC. The van der Waals surface area contributed by atoms with E-state index in [0.717, 1.165) is 0 Å². The number of aliphatic hydroxyl groups excluding tert-OH is 1. The van der Waals surface area contributed by atoms with E-state index in [1.54, 1.807) is 7.11 Å². The molecule has 1 aromatic carbocycles. The average Bonchev–Trinajstić information content (AvgIpc) is 2.29. The van der Waals surface area contributed by atoms with Gasteiger partial charge in [-0.05, 0) is 12.1 Å². The molecular weight excluding hydrogens is 196 g/mol. The number of benzene rings is 1. The first-order chi connectivity index (χ1) is 7.27. The summed E-state index contributed by atoms with van der Waals surface area (Å²) in [6.45, 7) is 0.268. The highest BCUT2D eigenvalue weighted by molar-refractivity contribution is 5.21. The van der Waals surface area contributed by atoms with Crippen molar-refractivity contribution in [1.29, 1.82) is 0 Å². The van der Waals surface area contributed by atoms with E-state index < -0.39 is 12.4 Å². The largest absolute Gasteiger partial charge is 0.483 e. The molecule has 0 saturated carbocycles. The number of methoxy groups -OCH3 is 2. The zero-order valence-electron chi connectivity index (χ0n) is 8.92. The Morgan fingerprint density at radius 3 is 2.40 bits per heavy atom. The lowest BCUT2D eigenvalue weighted by Gasteiger charge is -2.22. The molecule has 0 saturated heterocycles. The molecule has 0 radical (unpaired) electrons. The van der Waals surface area contributed by atoms with Gasteiger partial charge in [0.25, 0.3) is 0 Å². The molecule has 0 aliphatic carbocycles. The van der Waals surface area contributed by atoms with Gasteiger partial charge in [-0.2, -0.15) is 0 Å². The third-order valence-corrected chi connectivity index (χ3v) is 1.92. The van der Waals surface area contributed by atoms with Crippen molar-refractivity contribution in [1.82, 2.24) is 0 Å². The van der Waals surface area contributed by atoms with Crippen LogP contribution in [0.2, 0.25) is 0 Å². The maximum atomic E-state index is 9.48. The summed E-state index contributed by atoms with van der Waals surface area (Å²) in [5, 5.41) is 9.48. The van der Waals surface area contributed by atoms with Crippen molar-refractivity contribution in [2.75, 3.05) is 20.8 Å². The fraction of sp³-hybridized carbons (Fsp3) is 0.455. The van der Waals surface area contributed by atoms with Gasteiger partial charge < -0.3 is 19.3 Å². The van der Waals surface area contributed by atoms with E-state index in [9.17, 15) is 5.11 Å². The first-order valence-electron chi connectivity index (χ1n) is 4.69. The maximum absolute atomic E-state index is 9.48. The average molecular weight is 212 g/mol. The van der Waals surface area contributed by atoms with Crippen LogP contribution >= 0.6 is 0 Å². The lowest BCUT2D eigenvalue weighted by Crippen LogP contribution is -2.36. The summed E-state index contributed by atoms with van der Waals surface area (Å²) in [5.74, 6) is 0.677. The van der Waals surface area contributed by atoms with E-state index in [1.807, 2.05) is 30.3 Å². The molecule has 0 fully saturated rings.